The first-order valence-corrected chi connectivity index (χ1v) is 5.42. The van der Waals surface area contributed by atoms with Gasteiger partial charge in [-0.3, -0.25) is 14.9 Å². The second kappa shape index (κ2) is 6.00. The highest BCUT2D eigenvalue weighted by Crippen LogP contribution is 2.14. The van der Waals surface area contributed by atoms with Gasteiger partial charge in [-0.05, 0) is 18.6 Å². The standard InChI is InChI=1S/C12H15NO3/c1-2-3-4-5-12(14)10-6-8-11(9-7-10)13(15)16/h6-9H,2-5H2,1H3. The van der Waals surface area contributed by atoms with Gasteiger partial charge in [-0.25, -0.2) is 0 Å². The zero-order chi connectivity index (χ0) is 12.0. The molecule has 0 radical (unpaired) electrons. The van der Waals surface area contributed by atoms with Gasteiger partial charge in [-0.2, -0.15) is 0 Å². The lowest BCUT2D eigenvalue weighted by Gasteiger charge is -2.00. The largest absolute Gasteiger partial charge is 0.294 e. The molecule has 0 fully saturated rings. The van der Waals surface area contributed by atoms with Gasteiger partial charge in [0.2, 0.25) is 0 Å². The first kappa shape index (κ1) is 12.4. The Hall–Kier alpha value is -1.71. The van der Waals surface area contributed by atoms with Crippen molar-refractivity contribution >= 4 is 11.5 Å². The average Bonchev–Trinajstić information content (AvgIpc) is 2.29. The molecule has 0 aliphatic rings. The maximum atomic E-state index is 11.6. The van der Waals surface area contributed by atoms with Crippen LogP contribution in [-0.4, -0.2) is 10.7 Å². The minimum Gasteiger partial charge on any atom is -0.294 e. The predicted octanol–water partition coefficient (Wildman–Crippen LogP) is 3.36. The van der Waals surface area contributed by atoms with E-state index in [1.165, 1.54) is 24.3 Å². The monoisotopic (exact) mass is 221 g/mol. The Morgan fingerprint density at radius 2 is 1.88 bits per heavy atom. The minimum absolute atomic E-state index is 0.0186. The highest BCUT2D eigenvalue weighted by molar-refractivity contribution is 5.96. The molecule has 0 aliphatic heterocycles. The molecular weight excluding hydrogens is 206 g/mol. The quantitative estimate of drug-likeness (QED) is 0.320. The number of carbonyl (C=O) groups is 1. The van der Waals surface area contributed by atoms with Gasteiger partial charge < -0.3 is 0 Å². The lowest BCUT2D eigenvalue weighted by Crippen LogP contribution is -1.99. The highest BCUT2D eigenvalue weighted by Gasteiger charge is 2.08. The minimum atomic E-state index is -0.467. The van der Waals surface area contributed by atoms with Crippen LogP contribution >= 0.6 is 0 Å². The fraction of sp³-hybridized carbons (Fsp3) is 0.417. The van der Waals surface area contributed by atoms with E-state index < -0.39 is 4.92 Å². The third kappa shape index (κ3) is 3.46. The molecule has 1 aromatic carbocycles. The zero-order valence-corrected chi connectivity index (χ0v) is 9.31. The van der Waals surface area contributed by atoms with Gasteiger partial charge in [0.05, 0.1) is 4.92 Å². The SMILES string of the molecule is CCCCCC(=O)c1ccc([N+](=O)[O-])cc1. The Kier molecular flexibility index (Phi) is 4.64. The van der Waals surface area contributed by atoms with Gasteiger partial charge in [0.25, 0.3) is 5.69 Å². The number of nitrogens with zero attached hydrogens (tertiary/aromatic N) is 1. The van der Waals surface area contributed by atoms with Crippen molar-refractivity contribution in [3.63, 3.8) is 0 Å². The predicted molar refractivity (Wildman–Crippen MR) is 61.6 cm³/mol. The number of hydrogen-bond donors (Lipinski definition) is 0. The molecule has 0 saturated heterocycles. The number of hydrogen-bond acceptors (Lipinski definition) is 3. The van der Waals surface area contributed by atoms with Crippen molar-refractivity contribution in [2.45, 2.75) is 32.6 Å². The molecule has 4 nitrogen and oxygen atoms in total. The molecule has 86 valence electrons. The topological polar surface area (TPSA) is 60.2 Å². The number of Topliss-reactive ketones (excluding diaryl/α,β-unsaturated/α-hetero) is 1. The molecule has 0 heterocycles. The van der Waals surface area contributed by atoms with Gasteiger partial charge in [0, 0.05) is 24.1 Å². The molecule has 0 saturated carbocycles. The van der Waals surface area contributed by atoms with Crippen LogP contribution in [0.5, 0.6) is 0 Å². The molecule has 0 atom stereocenters. The molecular formula is C12H15NO3. The van der Waals surface area contributed by atoms with Crippen LogP contribution in [0.25, 0.3) is 0 Å². The average molecular weight is 221 g/mol. The van der Waals surface area contributed by atoms with Crippen molar-refractivity contribution < 1.29 is 9.72 Å². The van der Waals surface area contributed by atoms with Crippen molar-refractivity contribution in [1.29, 1.82) is 0 Å². The van der Waals surface area contributed by atoms with Crippen LogP contribution in [-0.2, 0) is 0 Å². The Morgan fingerprint density at radius 3 is 2.38 bits per heavy atom. The smallest absolute Gasteiger partial charge is 0.269 e. The fourth-order valence-corrected chi connectivity index (χ4v) is 1.45. The summed E-state index contributed by atoms with van der Waals surface area (Å²) in [5.74, 6) is 0.0587. The summed E-state index contributed by atoms with van der Waals surface area (Å²) in [5, 5.41) is 10.4. The second-order valence-corrected chi connectivity index (χ2v) is 3.68. The van der Waals surface area contributed by atoms with E-state index in [9.17, 15) is 14.9 Å². The second-order valence-electron chi connectivity index (χ2n) is 3.68. The number of ketones is 1. The number of benzene rings is 1. The Bertz CT molecular complexity index is 370. The van der Waals surface area contributed by atoms with Crippen molar-refractivity contribution in [3.8, 4) is 0 Å². The Balaban J connectivity index is 2.59. The summed E-state index contributed by atoms with van der Waals surface area (Å²) in [6, 6.07) is 5.78. The van der Waals surface area contributed by atoms with Gasteiger partial charge in [0.15, 0.2) is 5.78 Å². The molecule has 4 heteroatoms. The number of carbonyl (C=O) groups excluding carboxylic acids is 1. The van der Waals surface area contributed by atoms with Gasteiger partial charge >= 0.3 is 0 Å². The number of rotatable bonds is 6. The molecule has 0 aliphatic carbocycles. The maximum absolute atomic E-state index is 11.6. The summed E-state index contributed by atoms with van der Waals surface area (Å²) in [7, 11) is 0. The van der Waals surface area contributed by atoms with E-state index in [4.69, 9.17) is 0 Å². The van der Waals surface area contributed by atoms with Crippen LogP contribution in [0.3, 0.4) is 0 Å². The number of nitro groups is 1. The summed E-state index contributed by atoms with van der Waals surface area (Å²) in [6.45, 7) is 2.08. The summed E-state index contributed by atoms with van der Waals surface area (Å²) < 4.78 is 0. The molecule has 1 rings (SSSR count). The summed E-state index contributed by atoms with van der Waals surface area (Å²) in [4.78, 5) is 21.6. The van der Waals surface area contributed by atoms with E-state index in [-0.39, 0.29) is 11.5 Å². The zero-order valence-electron chi connectivity index (χ0n) is 9.31. The van der Waals surface area contributed by atoms with Crippen molar-refractivity contribution in [2.24, 2.45) is 0 Å². The van der Waals surface area contributed by atoms with Crippen LogP contribution in [0.1, 0.15) is 43.0 Å². The maximum Gasteiger partial charge on any atom is 0.269 e. The Labute approximate surface area is 94.4 Å². The van der Waals surface area contributed by atoms with Crippen LogP contribution in [0.15, 0.2) is 24.3 Å². The van der Waals surface area contributed by atoms with Crippen LogP contribution in [0.4, 0.5) is 5.69 Å². The van der Waals surface area contributed by atoms with Crippen molar-refractivity contribution in [1.82, 2.24) is 0 Å². The molecule has 0 aromatic heterocycles. The van der Waals surface area contributed by atoms with E-state index in [2.05, 4.69) is 6.92 Å². The number of nitro benzene ring substituents is 1. The van der Waals surface area contributed by atoms with E-state index in [1.54, 1.807) is 0 Å². The number of unbranched alkanes of at least 4 members (excludes halogenated alkanes) is 2. The van der Waals surface area contributed by atoms with Crippen LogP contribution in [0.2, 0.25) is 0 Å². The molecule has 16 heavy (non-hydrogen) atoms. The normalized spacial score (nSPS) is 10.1. The third-order valence-electron chi connectivity index (χ3n) is 2.41. The molecule has 1 aromatic rings. The molecule has 0 amide bonds. The lowest BCUT2D eigenvalue weighted by atomic mass is 10.0. The van der Waals surface area contributed by atoms with Crippen molar-refractivity contribution in [2.75, 3.05) is 0 Å². The molecule has 0 unspecified atom stereocenters. The molecule has 0 spiro atoms. The van der Waals surface area contributed by atoms with Crippen molar-refractivity contribution in [3.05, 3.63) is 39.9 Å². The van der Waals surface area contributed by atoms with E-state index >= 15 is 0 Å². The van der Waals surface area contributed by atoms with E-state index in [1.807, 2.05) is 0 Å². The van der Waals surface area contributed by atoms with E-state index in [0.29, 0.717) is 12.0 Å². The lowest BCUT2D eigenvalue weighted by molar-refractivity contribution is -0.384. The third-order valence-corrected chi connectivity index (χ3v) is 2.41. The highest BCUT2D eigenvalue weighted by atomic mass is 16.6. The summed E-state index contributed by atoms with van der Waals surface area (Å²) in [6.07, 6.45) is 3.52. The van der Waals surface area contributed by atoms with Crippen LogP contribution in [0, 0.1) is 10.1 Å². The fourth-order valence-electron chi connectivity index (χ4n) is 1.45. The summed E-state index contributed by atoms with van der Waals surface area (Å²) in [5.41, 5.74) is 0.576. The Morgan fingerprint density at radius 1 is 1.25 bits per heavy atom. The molecule has 0 bridgehead atoms. The van der Waals surface area contributed by atoms with Gasteiger partial charge in [-0.15, -0.1) is 0 Å². The van der Waals surface area contributed by atoms with Crippen LogP contribution < -0.4 is 0 Å². The molecule has 0 N–H and O–H groups in total. The van der Waals surface area contributed by atoms with Gasteiger partial charge in [0.1, 0.15) is 0 Å². The number of non-ortho nitro benzene ring substituents is 1. The summed E-state index contributed by atoms with van der Waals surface area (Å²) >= 11 is 0. The first-order valence-electron chi connectivity index (χ1n) is 5.42. The van der Waals surface area contributed by atoms with E-state index in [0.717, 1.165) is 19.3 Å². The van der Waals surface area contributed by atoms with Gasteiger partial charge in [-0.1, -0.05) is 19.8 Å². The first-order chi connectivity index (χ1) is 7.65.